The van der Waals surface area contributed by atoms with E-state index < -0.39 is 55.6 Å². The minimum absolute atomic E-state index is 0.142. The maximum absolute atomic E-state index is 13.2. The number of nitrogens with one attached hydrogen (secondary N) is 1. The molecule has 1 aliphatic rings. The quantitative estimate of drug-likeness (QED) is 0.533. The molecule has 15 heteroatoms. The highest BCUT2D eigenvalue weighted by molar-refractivity contribution is 7.90. The van der Waals surface area contributed by atoms with E-state index in [0.29, 0.717) is 12.8 Å². The van der Waals surface area contributed by atoms with Gasteiger partial charge in [-0.1, -0.05) is 11.6 Å². The Morgan fingerprint density at radius 3 is 2.41 bits per heavy atom. The summed E-state index contributed by atoms with van der Waals surface area (Å²) >= 11 is 5.93. The van der Waals surface area contributed by atoms with Crippen LogP contribution >= 0.6 is 11.6 Å². The summed E-state index contributed by atoms with van der Waals surface area (Å²) in [4.78, 5) is 28.5. The van der Waals surface area contributed by atoms with Crippen LogP contribution in [-0.4, -0.2) is 59.0 Å². The van der Waals surface area contributed by atoms with Crippen LogP contribution in [0.4, 0.5) is 18.0 Å². The molecule has 0 unspecified atom stereocenters. The summed E-state index contributed by atoms with van der Waals surface area (Å²) in [5.41, 5.74) is -8.21. The molecule has 1 saturated carbocycles. The van der Waals surface area contributed by atoms with Crippen molar-refractivity contribution >= 4 is 33.6 Å². The molecular formula is C19H22ClF3N4O6S. The summed E-state index contributed by atoms with van der Waals surface area (Å²) in [6.45, 7) is 4.34. The van der Waals surface area contributed by atoms with E-state index in [9.17, 15) is 31.2 Å². The molecule has 0 saturated heterocycles. The number of aromatic nitrogens is 1. The standard InChI is InChI=1S/C19H22ClF3N4O6S/c1-11(27(16(29)33-17(2,3)4)34(30,31)19(21,22)23)9-32-12-7-13(14(20)25-8-12)15(28)26-18(10-24)5-6-18/h7-8,11H,5-6,9H2,1-4H3,(H,26,28)/t11-/m0/s1. The zero-order valence-corrected chi connectivity index (χ0v) is 20.1. The Balaban J connectivity index is 2.23. The van der Waals surface area contributed by atoms with Gasteiger partial charge in [0.1, 0.15) is 28.6 Å². The molecule has 2 amide bonds. The minimum Gasteiger partial charge on any atom is -0.490 e. The predicted octanol–water partition coefficient (Wildman–Crippen LogP) is 3.37. The highest BCUT2D eigenvalue weighted by Gasteiger charge is 2.54. The molecule has 1 aromatic heterocycles. The Kier molecular flexibility index (Phi) is 7.64. The Labute approximate surface area is 199 Å². The van der Waals surface area contributed by atoms with Crippen molar-refractivity contribution < 1.29 is 40.7 Å². The summed E-state index contributed by atoms with van der Waals surface area (Å²) in [5, 5.41) is 11.4. The van der Waals surface area contributed by atoms with Gasteiger partial charge >= 0.3 is 21.6 Å². The molecule has 0 radical (unpaired) electrons. The third-order valence-corrected chi connectivity index (χ3v) is 6.30. The monoisotopic (exact) mass is 526 g/mol. The van der Waals surface area contributed by atoms with Crippen LogP contribution < -0.4 is 10.1 Å². The van der Waals surface area contributed by atoms with E-state index in [0.717, 1.165) is 19.2 Å². The second-order valence-electron chi connectivity index (χ2n) is 8.54. The number of hydrogen-bond acceptors (Lipinski definition) is 8. The van der Waals surface area contributed by atoms with E-state index in [2.05, 4.69) is 10.3 Å². The first-order valence-corrected chi connectivity index (χ1v) is 11.6. The van der Waals surface area contributed by atoms with Crippen LogP contribution in [0.5, 0.6) is 5.75 Å². The van der Waals surface area contributed by atoms with Crippen molar-refractivity contribution in [3.05, 3.63) is 23.0 Å². The van der Waals surface area contributed by atoms with Gasteiger partial charge in [0.15, 0.2) is 0 Å². The minimum atomic E-state index is -6.11. The highest BCUT2D eigenvalue weighted by atomic mass is 35.5. The second kappa shape index (κ2) is 9.46. The lowest BCUT2D eigenvalue weighted by molar-refractivity contribution is -0.0517. The fourth-order valence-corrected chi connectivity index (χ4v) is 3.74. The largest absolute Gasteiger partial charge is 0.516 e. The highest BCUT2D eigenvalue weighted by Crippen LogP contribution is 2.35. The Morgan fingerprint density at radius 1 is 1.35 bits per heavy atom. The van der Waals surface area contributed by atoms with Crippen LogP contribution in [0.15, 0.2) is 12.3 Å². The molecule has 1 heterocycles. The number of sulfonamides is 1. The first kappa shape index (κ1) is 27.5. The van der Waals surface area contributed by atoms with Gasteiger partial charge in [0, 0.05) is 0 Å². The van der Waals surface area contributed by atoms with Crippen molar-refractivity contribution in [2.75, 3.05) is 6.61 Å². The molecule has 34 heavy (non-hydrogen) atoms. The lowest BCUT2D eigenvalue weighted by atomic mass is 10.2. The summed E-state index contributed by atoms with van der Waals surface area (Å²) in [6, 6.07) is 1.43. The lowest BCUT2D eigenvalue weighted by Crippen LogP contribution is -2.52. The van der Waals surface area contributed by atoms with Crippen LogP contribution in [0.1, 0.15) is 50.9 Å². The average Bonchev–Trinajstić information content (AvgIpc) is 3.44. The number of halogens is 4. The zero-order chi connectivity index (χ0) is 26.1. The SMILES string of the molecule is C[C@@H](COc1cnc(Cl)c(C(=O)NC2(C#N)CC2)c1)N(C(=O)OC(C)(C)C)S(=O)(=O)C(F)(F)F. The van der Waals surface area contributed by atoms with Crippen LogP contribution in [0.3, 0.4) is 0 Å². The van der Waals surface area contributed by atoms with E-state index in [1.807, 2.05) is 6.07 Å². The number of pyridine rings is 1. The zero-order valence-electron chi connectivity index (χ0n) is 18.6. The molecule has 1 aromatic rings. The van der Waals surface area contributed by atoms with Gasteiger partial charge in [-0.2, -0.15) is 31.2 Å². The van der Waals surface area contributed by atoms with Crippen molar-refractivity contribution in [3.8, 4) is 11.8 Å². The number of ether oxygens (including phenoxy) is 2. The number of alkyl halides is 3. The first-order chi connectivity index (χ1) is 15.4. The lowest BCUT2D eigenvalue weighted by Gasteiger charge is -2.31. The number of carbonyl (C=O) groups excluding carboxylic acids is 2. The number of carbonyl (C=O) groups is 2. The van der Waals surface area contributed by atoms with Gasteiger partial charge < -0.3 is 14.8 Å². The van der Waals surface area contributed by atoms with Gasteiger partial charge in [0.2, 0.25) is 0 Å². The van der Waals surface area contributed by atoms with Crippen molar-refractivity contribution in [3.63, 3.8) is 0 Å². The van der Waals surface area contributed by atoms with Crippen molar-refractivity contribution in [2.45, 2.75) is 63.2 Å². The number of nitrogens with zero attached hydrogens (tertiary/aromatic N) is 3. The molecule has 1 aliphatic carbocycles. The predicted molar refractivity (Wildman–Crippen MR) is 112 cm³/mol. The molecule has 1 atom stereocenters. The Bertz CT molecular complexity index is 1110. The van der Waals surface area contributed by atoms with Gasteiger partial charge in [-0.25, -0.2) is 9.78 Å². The summed E-state index contributed by atoms with van der Waals surface area (Å²) in [7, 11) is -6.11. The third-order valence-electron chi connectivity index (χ3n) is 4.39. The van der Waals surface area contributed by atoms with E-state index in [1.165, 1.54) is 20.8 Å². The topological polar surface area (TPSA) is 139 Å². The molecule has 188 valence electrons. The number of nitriles is 1. The molecule has 0 aliphatic heterocycles. The summed E-state index contributed by atoms with van der Waals surface area (Å²) in [5.74, 6) is -0.859. The van der Waals surface area contributed by atoms with E-state index in [1.54, 1.807) is 0 Å². The maximum atomic E-state index is 13.2. The normalized spacial score (nSPS) is 16.1. The molecule has 1 fully saturated rings. The second-order valence-corrected chi connectivity index (χ2v) is 10.7. The van der Waals surface area contributed by atoms with Crippen LogP contribution in [0.2, 0.25) is 5.15 Å². The fraction of sp³-hybridized carbons (Fsp3) is 0.579. The number of amides is 2. The molecule has 1 N–H and O–H groups in total. The van der Waals surface area contributed by atoms with E-state index >= 15 is 0 Å². The van der Waals surface area contributed by atoms with Crippen LogP contribution in [0, 0.1) is 11.3 Å². The molecule has 10 nitrogen and oxygen atoms in total. The third kappa shape index (κ3) is 6.41. The van der Waals surface area contributed by atoms with Crippen LogP contribution in [-0.2, 0) is 14.8 Å². The van der Waals surface area contributed by atoms with Gasteiger partial charge in [-0.05, 0) is 46.6 Å². The summed E-state index contributed by atoms with van der Waals surface area (Å²) in [6.07, 6.45) is 0.241. The van der Waals surface area contributed by atoms with Gasteiger partial charge in [0.25, 0.3) is 5.91 Å². The Hall–Kier alpha value is -2.79. The molecule has 2 rings (SSSR count). The van der Waals surface area contributed by atoms with Crippen molar-refractivity contribution in [2.24, 2.45) is 0 Å². The maximum Gasteiger partial charge on any atom is 0.516 e. The van der Waals surface area contributed by atoms with Gasteiger partial charge in [-0.3, -0.25) is 4.79 Å². The molecular weight excluding hydrogens is 505 g/mol. The van der Waals surface area contributed by atoms with Crippen molar-refractivity contribution in [1.29, 1.82) is 5.26 Å². The number of rotatable bonds is 7. The van der Waals surface area contributed by atoms with Gasteiger partial charge in [0.05, 0.1) is 23.9 Å². The average molecular weight is 527 g/mol. The molecule has 0 spiro atoms. The van der Waals surface area contributed by atoms with E-state index in [4.69, 9.17) is 26.3 Å². The first-order valence-electron chi connectivity index (χ1n) is 9.78. The fourth-order valence-electron chi connectivity index (χ4n) is 2.56. The summed E-state index contributed by atoms with van der Waals surface area (Å²) < 4.78 is 73.3. The Morgan fingerprint density at radius 2 is 1.94 bits per heavy atom. The number of hydrogen-bond donors (Lipinski definition) is 1. The van der Waals surface area contributed by atoms with E-state index in [-0.39, 0.29) is 16.5 Å². The van der Waals surface area contributed by atoms with Crippen LogP contribution in [0.25, 0.3) is 0 Å². The van der Waals surface area contributed by atoms with Gasteiger partial charge in [-0.15, -0.1) is 0 Å². The smallest absolute Gasteiger partial charge is 0.490 e. The van der Waals surface area contributed by atoms with Crippen molar-refractivity contribution in [1.82, 2.24) is 14.6 Å². The molecule has 0 aromatic carbocycles. The molecule has 0 bridgehead atoms.